The van der Waals surface area contributed by atoms with Gasteiger partial charge in [0.25, 0.3) is 0 Å². The van der Waals surface area contributed by atoms with Gasteiger partial charge in [0.05, 0.1) is 5.54 Å². The summed E-state index contributed by atoms with van der Waals surface area (Å²) in [6, 6.07) is 0. The Morgan fingerprint density at radius 1 is 1.54 bits per heavy atom. The van der Waals surface area contributed by atoms with E-state index in [1.54, 1.807) is 6.33 Å². The van der Waals surface area contributed by atoms with Crippen molar-refractivity contribution in [1.29, 1.82) is 0 Å². The number of aromatic nitrogens is 3. The molecule has 1 aliphatic rings. The number of anilines is 1. The largest absolute Gasteiger partial charge is 0.381 e. The standard InChI is InChI=1S/C8H14N4O/c1-8(2-4-13-5-3-8)12-6-10-7(9)11-12/h6H,2-5H2,1H3,(H2,9,11). The molecule has 72 valence electrons. The summed E-state index contributed by atoms with van der Waals surface area (Å²) in [6.45, 7) is 3.73. The van der Waals surface area contributed by atoms with Crippen molar-refractivity contribution in [3.63, 3.8) is 0 Å². The summed E-state index contributed by atoms with van der Waals surface area (Å²) in [5.74, 6) is 0.340. The van der Waals surface area contributed by atoms with Crippen LogP contribution in [0.1, 0.15) is 19.8 Å². The molecule has 2 heterocycles. The lowest BCUT2D eigenvalue weighted by atomic mass is 9.93. The predicted octanol–water partition coefficient (Wildman–Crippen LogP) is 0.386. The average Bonchev–Trinajstić information content (AvgIpc) is 2.54. The summed E-state index contributed by atoms with van der Waals surface area (Å²) in [5, 5.41) is 4.13. The van der Waals surface area contributed by atoms with Crippen LogP contribution in [0.25, 0.3) is 0 Å². The quantitative estimate of drug-likeness (QED) is 0.682. The van der Waals surface area contributed by atoms with E-state index < -0.39 is 0 Å². The van der Waals surface area contributed by atoms with E-state index in [4.69, 9.17) is 10.5 Å². The molecular formula is C8H14N4O. The van der Waals surface area contributed by atoms with Crippen LogP contribution in [0.5, 0.6) is 0 Å². The topological polar surface area (TPSA) is 66.0 Å². The van der Waals surface area contributed by atoms with Gasteiger partial charge in [-0.05, 0) is 19.8 Å². The molecule has 0 radical (unpaired) electrons. The van der Waals surface area contributed by atoms with Gasteiger partial charge < -0.3 is 10.5 Å². The Bertz CT molecular complexity index is 290. The zero-order chi connectivity index (χ0) is 9.31. The minimum absolute atomic E-state index is 0.0306. The summed E-state index contributed by atoms with van der Waals surface area (Å²) in [6.07, 6.45) is 3.63. The van der Waals surface area contributed by atoms with E-state index in [9.17, 15) is 0 Å². The van der Waals surface area contributed by atoms with Crippen LogP contribution >= 0.6 is 0 Å². The molecule has 1 saturated heterocycles. The number of ether oxygens (including phenoxy) is 1. The molecule has 5 heteroatoms. The predicted molar refractivity (Wildman–Crippen MR) is 48.1 cm³/mol. The first-order valence-electron chi connectivity index (χ1n) is 4.46. The van der Waals surface area contributed by atoms with Gasteiger partial charge in [0.15, 0.2) is 0 Å². The molecule has 5 nitrogen and oxygen atoms in total. The van der Waals surface area contributed by atoms with Gasteiger partial charge in [-0.1, -0.05) is 0 Å². The summed E-state index contributed by atoms with van der Waals surface area (Å²) in [7, 11) is 0. The fourth-order valence-electron chi connectivity index (χ4n) is 1.58. The van der Waals surface area contributed by atoms with Crippen LogP contribution in [0, 0.1) is 0 Å². The highest BCUT2D eigenvalue weighted by molar-refractivity contribution is 5.10. The maximum atomic E-state index is 5.47. The third-order valence-electron chi connectivity index (χ3n) is 2.63. The highest BCUT2D eigenvalue weighted by Gasteiger charge is 2.30. The van der Waals surface area contributed by atoms with E-state index in [1.807, 2.05) is 4.68 Å². The highest BCUT2D eigenvalue weighted by atomic mass is 16.5. The molecule has 0 unspecified atom stereocenters. The Morgan fingerprint density at radius 3 is 2.77 bits per heavy atom. The fraction of sp³-hybridized carbons (Fsp3) is 0.750. The van der Waals surface area contributed by atoms with E-state index in [0.717, 1.165) is 26.1 Å². The zero-order valence-corrected chi connectivity index (χ0v) is 7.73. The van der Waals surface area contributed by atoms with Gasteiger partial charge in [0.2, 0.25) is 5.95 Å². The van der Waals surface area contributed by atoms with Crippen LogP contribution in [0.2, 0.25) is 0 Å². The van der Waals surface area contributed by atoms with Crippen molar-refractivity contribution < 1.29 is 4.74 Å². The van der Waals surface area contributed by atoms with Crippen molar-refractivity contribution >= 4 is 5.95 Å². The van der Waals surface area contributed by atoms with Gasteiger partial charge in [-0.15, -0.1) is 5.10 Å². The van der Waals surface area contributed by atoms with Crippen LogP contribution < -0.4 is 5.73 Å². The van der Waals surface area contributed by atoms with Gasteiger partial charge in [0.1, 0.15) is 6.33 Å². The number of rotatable bonds is 1. The Balaban J connectivity index is 2.22. The lowest BCUT2D eigenvalue weighted by molar-refractivity contribution is 0.0240. The van der Waals surface area contributed by atoms with Gasteiger partial charge in [-0.3, -0.25) is 0 Å². The molecule has 0 atom stereocenters. The maximum Gasteiger partial charge on any atom is 0.239 e. The van der Waals surface area contributed by atoms with E-state index in [-0.39, 0.29) is 5.54 Å². The summed E-state index contributed by atoms with van der Waals surface area (Å²) >= 11 is 0. The van der Waals surface area contributed by atoms with E-state index >= 15 is 0 Å². The molecule has 2 N–H and O–H groups in total. The van der Waals surface area contributed by atoms with Gasteiger partial charge >= 0.3 is 0 Å². The second kappa shape index (κ2) is 2.99. The van der Waals surface area contributed by atoms with Crippen molar-refractivity contribution in [2.45, 2.75) is 25.3 Å². The van der Waals surface area contributed by atoms with Crippen molar-refractivity contribution in [1.82, 2.24) is 14.8 Å². The van der Waals surface area contributed by atoms with Gasteiger partial charge in [-0.25, -0.2) is 9.67 Å². The van der Waals surface area contributed by atoms with Crippen molar-refractivity contribution in [2.75, 3.05) is 18.9 Å². The van der Waals surface area contributed by atoms with Crippen LogP contribution in [0.15, 0.2) is 6.33 Å². The molecule has 1 aromatic rings. The molecule has 13 heavy (non-hydrogen) atoms. The average molecular weight is 182 g/mol. The highest BCUT2D eigenvalue weighted by Crippen LogP contribution is 2.27. The SMILES string of the molecule is CC1(n2cnc(N)n2)CCOCC1. The first-order chi connectivity index (χ1) is 6.21. The second-order valence-corrected chi connectivity index (χ2v) is 3.66. The summed E-state index contributed by atoms with van der Waals surface area (Å²) in [4.78, 5) is 3.93. The second-order valence-electron chi connectivity index (χ2n) is 3.66. The number of hydrogen-bond acceptors (Lipinski definition) is 4. The lowest BCUT2D eigenvalue weighted by Gasteiger charge is -2.33. The first-order valence-corrected chi connectivity index (χ1v) is 4.46. The maximum absolute atomic E-state index is 5.47. The third kappa shape index (κ3) is 1.51. The Labute approximate surface area is 76.9 Å². The third-order valence-corrected chi connectivity index (χ3v) is 2.63. The molecular weight excluding hydrogens is 168 g/mol. The van der Waals surface area contributed by atoms with E-state index in [2.05, 4.69) is 17.0 Å². The minimum Gasteiger partial charge on any atom is -0.381 e. The van der Waals surface area contributed by atoms with Crippen molar-refractivity contribution in [2.24, 2.45) is 0 Å². The summed E-state index contributed by atoms with van der Waals surface area (Å²) < 4.78 is 7.15. The van der Waals surface area contributed by atoms with Gasteiger partial charge in [0, 0.05) is 13.2 Å². The van der Waals surface area contributed by atoms with Crippen molar-refractivity contribution in [3.05, 3.63) is 6.33 Å². The van der Waals surface area contributed by atoms with Crippen LogP contribution in [-0.2, 0) is 10.3 Å². The number of nitrogens with two attached hydrogens (primary N) is 1. The molecule has 0 amide bonds. The molecule has 0 spiro atoms. The van der Waals surface area contributed by atoms with Crippen LogP contribution in [-0.4, -0.2) is 28.0 Å². The number of nitrogens with zero attached hydrogens (tertiary/aromatic N) is 3. The number of hydrogen-bond donors (Lipinski definition) is 1. The Kier molecular flexibility index (Phi) is 1.95. The van der Waals surface area contributed by atoms with Gasteiger partial charge in [-0.2, -0.15) is 0 Å². The molecule has 1 fully saturated rings. The molecule has 0 aliphatic carbocycles. The summed E-state index contributed by atoms with van der Waals surface area (Å²) in [5.41, 5.74) is 5.50. The lowest BCUT2D eigenvalue weighted by Crippen LogP contribution is -2.37. The molecule has 1 aliphatic heterocycles. The number of nitrogen functional groups attached to an aromatic ring is 1. The molecule has 0 saturated carbocycles. The Morgan fingerprint density at radius 2 is 2.23 bits per heavy atom. The fourth-order valence-corrected chi connectivity index (χ4v) is 1.58. The molecule has 0 bridgehead atoms. The van der Waals surface area contributed by atoms with Crippen LogP contribution in [0.3, 0.4) is 0 Å². The zero-order valence-electron chi connectivity index (χ0n) is 7.73. The molecule has 1 aromatic heterocycles. The monoisotopic (exact) mass is 182 g/mol. The minimum atomic E-state index is 0.0306. The van der Waals surface area contributed by atoms with Crippen LogP contribution in [0.4, 0.5) is 5.95 Å². The van der Waals surface area contributed by atoms with E-state index in [0.29, 0.717) is 5.95 Å². The van der Waals surface area contributed by atoms with Crippen molar-refractivity contribution in [3.8, 4) is 0 Å². The first kappa shape index (κ1) is 8.50. The van der Waals surface area contributed by atoms with E-state index in [1.165, 1.54) is 0 Å². The molecule has 0 aromatic carbocycles. The normalized spacial score (nSPS) is 21.6. The Hall–Kier alpha value is -1.10. The smallest absolute Gasteiger partial charge is 0.239 e. The molecule has 2 rings (SSSR count).